The molecule has 0 aliphatic carbocycles. The molecule has 2 aromatic carbocycles. The maximum atomic E-state index is 12.5. The van der Waals surface area contributed by atoms with E-state index >= 15 is 0 Å². The van der Waals surface area contributed by atoms with Gasteiger partial charge in [-0.15, -0.1) is 0 Å². The molecule has 6 heteroatoms. The molecule has 0 saturated carbocycles. The van der Waals surface area contributed by atoms with Crippen molar-refractivity contribution in [3.8, 4) is 0 Å². The summed E-state index contributed by atoms with van der Waals surface area (Å²) in [4.78, 5) is 30.9. The number of fused-ring (bicyclic) bond motifs is 1. The number of hydrogen-bond donors (Lipinski definition) is 1. The number of hydrogen-bond acceptors (Lipinski definition) is 3. The molecular weight excluding hydrogens is 352 g/mol. The number of para-hydroxylation sites is 1. The van der Waals surface area contributed by atoms with Gasteiger partial charge < -0.3 is 20.0 Å². The van der Waals surface area contributed by atoms with E-state index in [4.69, 9.17) is 0 Å². The molecule has 6 nitrogen and oxygen atoms in total. The van der Waals surface area contributed by atoms with Crippen molar-refractivity contribution in [2.45, 2.75) is 13.0 Å². The number of carbonyl (C=O) groups is 2. The number of carbonyl (C=O) groups excluding carboxylic acids is 2. The number of nitrogens with zero attached hydrogens (tertiary/aromatic N) is 3. The molecule has 3 amide bonds. The second-order valence-electron chi connectivity index (χ2n) is 7.30. The summed E-state index contributed by atoms with van der Waals surface area (Å²) in [7, 11) is 0. The van der Waals surface area contributed by atoms with Gasteiger partial charge in [-0.3, -0.25) is 4.79 Å². The predicted molar refractivity (Wildman–Crippen MR) is 109 cm³/mol. The number of amides is 3. The Morgan fingerprint density at radius 1 is 0.786 bits per heavy atom. The van der Waals surface area contributed by atoms with Crippen LogP contribution in [-0.4, -0.2) is 61.0 Å². The number of piperazine rings is 1. The van der Waals surface area contributed by atoms with Gasteiger partial charge in [-0.1, -0.05) is 42.5 Å². The molecule has 2 aliphatic rings. The van der Waals surface area contributed by atoms with E-state index in [2.05, 4.69) is 34.5 Å². The average Bonchev–Trinajstić information content (AvgIpc) is 2.77. The van der Waals surface area contributed by atoms with Gasteiger partial charge in [0.2, 0.25) is 5.91 Å². The van der Waals surface area contributed by atoms with Crippen LogP contribution < -0.4 is 10.2 Å². The summed E-state index contributed by atoms with van der Waals surface area (Å²) < 4.78 is 0. The molecule has 2 aromatic rings. The molecule has 0 aromatic heterocycles. The standard InChI is InChI=1S/C22H26N4O2/c27-21(26-11-10-18-6-4-5-7-19(18)17-26)16-23-22(28)25-14-12-24(13-15-25)20-8-2-1-3-9-20/h1-9H,10-17H2,(H,23,28). The summed E-state index contributed by atoms with van der Waals surface area (Å²) in [6.07, 6.45) is 0.872. The number of nitrogens with one attached hydrogen (secondary N) is 1. The quantitative estimate of drug-likeness (QED) is 0.890. The van der Waals surface area contributed by atoms with Gasteiger partial charge in [0.15, 0.2) is 0 Å². The fourth-order valence-corrected chi connectivity index (χ4v) is 3.89. The van der Waals surface area contributed by atoms with Crippen molar-refractivity contribution in [2.24, 2.45) is 0 Å². The molecule has 4 rings (SSSR count). The highest BCUT2D eigenvalue weighted by molar-refractivity contribution is 5.84. The Morgan fingerprint density at radius 3 is 2.21 bits per heavy atom. The Morgan fingerprint density at radius 2 is 1.46 bits per heavy atom. The topological polar surface area (TPSA) is 55.9 Å². The number of benzene rings is 2. The molecular formula is C22H26N4O2. The first-order valence-electron chi connectivity index (χ1n) is 9.88. The highest BCUT2D eigenvalue weighted by Crippen LogP contribution is 2.18. The van der Waals surface area contributed by atoms with E-state index in [0.29, 0.717) is 26.2 Å². The molecule has 1 saturated heterocycles. The predicted octanol–water partition coefficient (Wildman–Crippen LogP) is 2.10. The van der Waals surface area contributed by atoms with Crippen LogP contribution in [0.4, 0.5) is 10.5 Å². The first-order chi connectivity index (χ1) is 13.7. The average molecular weight is 378 g/mol. The minimum atomic E-state index is -0.154. The van der Waals surface area contributed by atoms with Crippen LogP contribution in [0.25, 0.3) is 0 Å². The molecule has 1 fully saturated rings. The summed E-state index contributed by atoms with van der Waals surface area (Å²) in [5.41, 5.74) is 3.69. The number of anilines is 1. The minimum absolute atomic E-state index is 0.0224. The molecule has 0 bridgehead atoms. The summed E-state index contributed by atoms with van der Waals surface area (Å²) in [6.45, 7) is 4.31. The number of rotatable bonds is 3. The molecule has 0 atom stereocenters. The molecule has 1 N–H and O–H groups in total. The van der Waals surface area contributed by atoms with Crippen LogP contribution >= 0.6 is 0 Å². The van der Waals surface area contributed by atoms with Gasteiger partial charge in [-0.05, 0) is 29.7 Å². The lowest BCUT2D eigenvalue weighted by atomic mass is 10.00. The minimum Gasteiger partial charge on any atom is -0.368 e. The van der Waals surface area contributed by atoms with E-state index in [0.717, 1.165) is 19.5 Å². The Balaban J connectivity index is 1.23. The zero-order valence-corrected chi connectivity index (χ0v) is 16.0. The van der Waals surface area contributed by atoms with Crippen LogP contribution in [-0.2, 0) is 17.8 Å². The Kier molecular flexibility index (Phi) is 5.46. The van der Waals surface area contributed by atoms with Crippen LogP contribution in [0.5, 0.6) is 0 Å². The highest BCUT2D eigenvalue weighted by Gasteiger charge is 2.24. The lowest BCUT2D eigenvalue weighted by Gasteiger charge is -2.36. The molecule has 146 valence electrons. The van der Waals surface area contributed by atoms with Crippen molar-refractivity contribution < 1.29 is 9.59 Å². The fourth-order valence-electron chi connectivity index (χ4n) is 3.89. The SMILES string of the molecule is O=C(CNC(=O)N1CCN(c2ccccc2)CC1)N1CCc2ccccc2C1. The third-order valence-electron chi connectivity index (χ3n) is 5.56. The summed E-state index contributed by atoms with van der Waals surface area (Å²) in [5.74, 6) is -0.0224. The van der Waals surface area contributed by atoms with Crippen LogP contribution in [0.1, 0.15) is 11.1 Å². The third kappa shape index (κ3) is 4.11. The van der Waals surface area contributed by atoms with E-state index in [1.165, 1.54) is 16.8 Å². The first kappa shape index (κ1) is 18.3. The second-order valence-corrected chi connectivity index (χ2v) is 7.30. The van der Waals surface area contributed by atoms with Gasteiger partial charge >= 0.3 is 6.03 Å². The Bertz CT molecular complexity index is 831. The van der Waals surface area contributed by atoms with Crippen LogP contribution in [0.15, 0.2) is 54.6 Å². The number of urea groups is 1. The zero-order valence-electron chi connectivity index (χ0n) is 16.0. The second kappa shape index (κ2) is 8.33. The van der Waals surface area contributed by atoms with E-state index in [1.807, 2.05) is 35.2 Å². The summed E-state index contributed by atoms with van der Waals surface area (Å²) in [5, 5.41) is 2.81. The molecule has 28 heavy (non-hydrogen) atoms. The third-order valence-corrected chi connectivity index (χ3v) is 5.56. The lowest BCUT2D eigenvalue weighted by molar-refractivity contribution is -0.131. The van der Waals surface area contributed by atoms with E-state index in [-0.39, 0.29) is 18.5 Å². The van der Waals surface area contributed by atoms with Crippen LogP contribution in [0.3, 0.4) is 0 Å². The fraction of sp³-hybridized carbons (Fsp3) is 0.364. The summed E-state index contributed by atoms with van der Waals surface area (Å²) >= 11 is 0. The first-order valence-corrected chi connectivity index (χ1v) is 9.88. The molecule has 2 heterocycles. The van der Waals surface area contributed by atoms with Gasteiger partial charge in [0.05, 0.1) is 6.54 Å². The van der Waals surface area contributed by atoms with E-state index in [1.54, 1.807) is 4.90 Å². The van der Waals surface area contributed by atoms with Gasteiger partial charge in [-0.2, -0.15) is 0 Å². The smallest absolute Gasteiger partial charge is 0.317 e. The van der Waals surface area contributed by atoms with E-state index in [9.17, 15) is 9.59 Å². The van der Waals surface area contributed by atoms with Crippen molar-refractivity contribution in [1.29, 1.82) is 0 Å². The van der Waals surface area contributed by atoms with Gasteiger partial charge in [0.1, 0.15) is 0 Å². The van der Waals surface area contributed by atoms with Crippen molar-refractivity contribution in [3.05, 3.63) is 65.7 Å². The Labute approximate surface area is 165 Å². The normalized spacial score (nSPS) is 16.5. The lowest BCUT2D eigenvalue weighted by Crippen LogP contribution is -2.53. The van der Waals surface area contributed by atoms with Gasteiger partial charge in [0.25, 0.3) is 0 Å². The van der Waals surface area contributed by atoms with E-state index < -0.39 is 0 Å². The van der Waals surface area contributed by atoms with Crippen LogP contribution in [0, 0.1) is 0 Å². The maximum absolute atomic E-state index is 12.5. The van der Waals surface area contributed by atoms with Crippen molar-refractivity contribution >= 4 is 17.6 Å². The molecule has 0 unspecified atom stereocenters. The Hall–Kier alpha value is -3.02. The monoisotopic (exact) mass is 378 g/mol. The highest BCUT2D eigenvalue weighted by atomic mass is 16.2. The van der Waals surface area contributed by atoms with Crippen molar-refractivity contribution in [3.63, 3.8) is 0 Å². The van der Waals surface area contributed by atoms with Crippen molar-refractivity contribution in [1.82, 2.24) is 15.1 Å². The largest absolute Gasteiger partial charge is 0.368 e. The van der Waals surface area contributed by atoms with Crippen LogP contribution in [0.2, 0.25) is 0 Å². The van der Waals surface area contributed by atoms with Gasteiger partial charge in [0, 0.05) is 45.0 Å². The molecule has 0 radical (unpaired) electrons. The molecule has 2 aliphatic heterocycles. The van der Waals surface area contributed by atoms with Gasteiger partial charge in [-0.25, -0.2) is 4.79 Å². The molecule has 0 spiro atoms. The summed E-state index contributed by atoms with van der Waals surface area (Å²) in [6, 6.07) is 18.3. The van der Waals surface area contributed by atoms with Crippen molar-refractivity contribution in [2.75, 3.05) is 44.2 Å². The zero-order chi connectivity index (χ0) is 19.3. The maximum Gasteiger partial charge on any atom is 0.317 e.